The lowest BCUT2D eigenvalue weighted by Crippen LogP contribution is -1.99. The number of nitrogens with zero attached hydrogens (tertiary/aromatic N) is 2. The highest BCUT2D eigenvalue weighted by Crippen LogP contribution is 2.08. The van der Waals surface area contributed by atoms with Crippen molar-refractivity contribution < 1.29 is 0 Å². The van der Waals surface area contributed by atoms with E-state index in [2.05, 4.69) is 60.2 Å². The van der Waals surface area contributed by atoms with Crippen molar-refractivity contribution >= 4 is 0 Å². The second-order valence-corrected chi connectivity index (χ2v) is 4.12. The minimum absolute atomic E-state index is 0.821. The molecule has 0 bridgehead atoms. The van der Waals surface area contributed by atoms with E-state index >= 15 is 0 Å². The van der Waals surface area contributed by atoms with Gasteiger partial charge in [-0.05, 0) is 37.1 Å². The molecule has 0 saturated carbocycles. The highest BCUT2D eigenvalue weighted by Gasteiger charge is 2.01. The molecule has 2 rings (SSSR count). The van der Waals surface area contributed by atoms with Crippen LogP contribution in [-0.2, 0) is 19.3 Å². The average Bonchev–Trinajstić information content (AvgIpc) is 2.39. The number of hydrogen-bond donors (Lipinski definition) is 0. The summed E-state index contributed by atoms with van der Waals surface area (Å²) in [7, 11) is 0. The third-order valence-corrected chi connectivity index (χ3v) is 2.82. The van der Waals surface area contributed by atoms with Gasteiger partial charge in [-0.25, -0.2) is 0 Å². The molecule has 17 heavy (non-hydrogen) atoms. The predicted octanol–water partition coefficient (Wildman–Crippen LogP) is 3.19. The van der Waals surface area contributed by atoms with Gasteiger partial charge in [0.25, 0.3) is 0 Å². The smallest absolute Gasteiger partial charge is 0.0466 e. The molecule has 0 fully saturated rings. The minimum atomic E-state index is 0.821. The summed E-state index contributed by atoms with van der Waals surface area (Å²) in [6.45, 7) is 4.25. The van der Waals surface area contributed by atoms with Gasteiger partial charge in [-0.2, -0.15) is 0 Å². The van der Waals surface area contributed by atoms with Crippen LogP contribution in [0.5, 0.6) is 0 Å². The summed E-state index contributed by atoms with van der Waals surface area (Å²) in [6.07, 6.45) is 2.79. The molecule has 0 atom stereocenters. The summed E-state index contributed by atoms with van der Waals surface area (Å²) < 4.78 is 0. The van der Waals surface area contributed by atoms with E-state index in [1.165, 1.54) is 0 Å². The van der Waals surface area contributed by atoms with E-state index in [0.717, 1.165) is 42.0 Å². The van der Waals surface area contributed by atoms with E-state index in [4.69, 9.17) is 0 Å². The van der Waals surface area contributed by atoms with Gasteiger partial charge in [0.15, 0.2) is 0 Å². The molecule has 0 aliphatic rings. The average molecular weight is 226 g/mol. The van der Waals surface area contributed by atoms with E-state index < -0.39 is 0 Å². The SMILES string of the molecule is CCc1cccc(Cc2cccc(CC)n2)n1. The van der Waals surface area contributed by atoms with E-state index in [0.29, 0.717) is 0 Å². The molecular weight excluding hydrogens is 208 g/mol. The standard InChI is InChI=1S/C15H18N2/c1-3-12-7-5-9-14(16-12)11-15-10-6-8-13(4-2)17-15/h5-10H,3-4,11H2,1-2H3. The zero-order chi connectivity index (χ0) is 12.1. The van der Waals surface area contributed by atoms with Gasteiger partial charge in [-0.1, -0.05) is 26.0 Å². The Morgan fingerprint density at radius 1 is 0.706 bits per heavy atom. The normalized spacial score (nSPS) is 10.5. The lowest BCUT2D eigenvalue weighted by Gasteiger charge is -2.04. The second kappa shape index (κ2) is 5.58. The van der Waals surface area contributed by atoms with E-state index in [1.807, 2.05) is 0 Å². The number of aryl methyl sites for hydroxylation is 2. The molecule has 2 aromatic heterocycles. The van der Waals surface area contributed by atoms with Gasteiger partial charge in [0, 0.05) is 29.2 Å². The number of rotatable bonds is 4. The summed E-state index contributed by atoms with van der Waals surface area (Å²) in [5.41, 5.74) is 4.50. The van der Waals surface area contributed by atoms with E-state index in [1.54, 1.807) is 0 Å². The molecule has 0 aromatic carbocycles. The maximum absolute atomic E-state index is 4.60. The van der Waals surface area contributed by atoms with Gasteiger partial charge in [0.2, 0.25) is 0 Å². The lowest BCUT2D eigenvalue weighted by atomic mass is 10.1. The van der Waals surface area contributed by atoms with Gasteiger partial charge >= 0.3 is 0 Å². The Bertz CT molecular complexity index is 446. The van der Waals surface area contributed by atoms with Crippen LogP contribution in [0.2, 0.25) is 0 Å². The van der Waals surface area contributed by atoms with Crippen LogP contribution >= 0.6 is 0 Å². The van der Waals surface area contributed by atoms with Crippen LogP contribution in [0.4, 0.5) is 0 Å². The Kier molecular flexibility index (Phi) is 3.86. The topological polar surface area (TPSA) is 25.8 Å². The lowest BCUT2D eigenvalue weighted by molar-refractivity contribution is 0.926. The molecular formula is C15H18N2. The van der Waals surface area contributed by atoms with Crippen molar-refractivity contribution in [3.05, 3.63) is 59.2 Å². The van der Waals surface area contributed by atoms with Crippen molar-refractivity contribution in [3.63, 3.8) is 0 Å². The molecule has 2 nitrogen and oxygen atoms in total. The maximum atomic E-state index is 4.60. The fourth-order valence-corrected chi connectivity index (χ4v) is 1.83. The first-order chi connectivity index (χ1) is 8.31. The van der Waals surface area contributed by atoms with Crippen molar-refractivity contribution in [2.24, 2.45) is 0 Å². The summed E-state index contributed by atoms with van der Waals surface area (Å²) in [4.78, 5) is 9.20. The summed E-state index contributed by atoms with van der Waals surface area (Å²) in [5.74, 6) is 0. The van der Waals surface area contributed by atoms with Crippen molar-refractivity contribution in [1.82, 2.24) is 9.97 Å². The monoisotopic (exact) mass is 226 g/mol. The Morgan fingerprint density at radius 2 is 1.12 bits per heavy atom. The van der Waals surface area contributed by atoms with Gasteiger partial charge < -0.3 is 0 Å². The predicted molar refractivity (Wildman–Crippen MR) is 70.0 cm³/mol. The molecule has 0 unspecified atom stereocenters. The van der Waals surface area contributed by atoms with Gasteiger partial charge in [0.1, 0.15) is 0 Å². The Morgan fingerprint density at radius 3 is 1.53 bits per heavy atom. The highest BCUT2D eigenvalue weighted by atomic mass is 14.7. The number of pyridine rings is 2. The zero-order valence-electron chi connectivity index (χ0n) is 10.5. The van der Waals surface area contributed by atoms with Crippen LogP contribution in [0.15, 0.2) is 36.4 Å². The number of aromatic nitrogens is 2. The molecule has 0 spiro atoms. The van der Waals surface area contributed by atoms with E-state index in [9.17, 15) is 0 Å². The van der Waals surface area contributed by atoms with Gasteiger partial charge in [-0.3, -0.25) is 9.97 Å². The quantitative estimate of drug-likeness (QED) is 0.800. The molecule has 2 heterocycles. The summed E-state index contributed by atoms with van der Waals surface area (Å²) in [5, 5.41) is 0. The molecule has 2 aromatic rings. The van der Waals surface area contributed by atoms with Crippen LogP contribution in [-0.4, -0.2) is 9.97 Å². The first-order valence-electron chi connectivity index (χ1n) is 6.21. The molecule has 0 amide bonds. The Hall–Kier alpha value is -1.70. The Labute approximate surface area is 103 Å². The van der Waals surface area contributed by atoms with Crippen LogP contribution in [0.1, 0.15) is 36.6 Å². The fourth-order valence-electron chi connectivity index (χ4n) is 1.83. The van der Waals surface area contributed by atoms with Crippen molar-refractivity contribution in [2.45, 2.75) is 33.1 Å². The number of hydrogen-bond acceptors (Lipinski definition) is 2. The Balaban J connectivity index is 2.18. The molecule has 0 aliphatic carbocycles. The molecule has 0 aliphatic heterocycles. The van der Waals surface area contributed by atoms with E-state index in [-0.39, 0.29) is 0 Å². The fraction of sp³-hybridized carbons (Fsp3) is 0.333. The molecule has 88 valence electrons. The first kappa shape index (κ1) is 11.8. The highest BCUT2D eigenvalue weighted by molar-refractivity contribution is 5.19. The summed E-state index contributed by atoms with van der Waals surface area (Å²) in [6, 6.07) is 12.4. The van der Waals surface area contributed by atoms with Crippen LogP contribution in [0, 0.1) is 0 Å². The largest absolute Gasteiger partial charge is 0.257 e. The second-order valence-electron chi connectivity index (χ2n) is 4.12. The minimum Gasteiger partial charge on any atom is -0.257 e. The van der Waals surface area contributed by atoms with Gasteiger partial charge in [-0.15, -0.1) is 0 Å². The van der Waals surface area contributed by atoms with Crippen molar-refractivity contribution in [1.29, 1.82) is 0 Å². The van der Waals surface area contributed by atoms with Crippen LogP contribution in [0.3, 0.4) is 0 Å². The van der Waals surface area contributed by atoms with Gasteiger partial charge in [0.05, 0.1) is 0 Å². The van der Waals surface area contributed by atoms with Crippen molar-refractivity contribution in [3.8, 4) is 0 Å². The summed E-state index contributed by atoms with van der Waals surface area (Å²) >= 11 is 0. The van der Waals surface area contributed by atoms with Crippen LogP contribution < -0.4 is 0 Å². The molecule has 0 saturated heterocycles. The van der Waals surface area contributed by atoms with Crippen LogP contribution in [0.25, 0.3) is 0 Å². The zero-order valence-corrected chi connectivity index (χ0v) is 10.5. The maximum Gasteiger partial charge on any atom is 0.0466 e. The van der Waals surface area contributed by atoms with Crippen molar-refractivity contribution in [2.75, 3.05) is 0 Å². The third-order valence-electron chi connectivity index (χ3n) is 2.82. The first-order valence-corrected chi connectivity index (χ1v) is 6.21. The third kappa shape index (κ3) is 3.13. The molecule has 0 N–H and O–H groups in total. The molecule has 2 heteroatoms. The molecule has 0 radical (unpaired) electrons.